The predicted molar refractivity (Wildman–Crippen MR) is 115 cm³/mol. The summed E-state index contributed by atoms with van der Waals surface area (Å²) in [6.07, 6.45) is 7.39. The Labute approximate surface area is 169 Å². The number of rotatable bonds is 8. The highest BCUT2D eigenvalue weighted by atomic mass is 15.3. The average Bonchev–Trinajstić information content (AvgIpc) is 3.25. The lowest BCUT2D eigenvalue weighted by molar-refractivity contribution is 0.138. The maximum absolute atomic E-state index is 4.40. The number of aromatic nitrogens is 2. The minimum absolute atomic E-state index is 0.372. The molecule has 0 spiro atoms. The Hall–Kier alpha value is -2.34. The molecule has 0 radical (unpaired) electrons. The molecule has 0 amide bonds. The lowest BCUT2D eigenvalue weighted by Gasteiger charge is -2.37. The van der Waals surface area contributed by atoms with Crippen molar-refractivity contribution in [2.24, 2.45) is 10.9 Å². The Morgan fingerprint density at radius 1 is 1.18 bits per heavy atom. The maximum Gasteiger partial charge on any atom is 0.191 e. The minimum atomic E-state index is 0.372. The lowest BCUT2D eigenvalue weighted by atomic mass is 9.95. The maximum atomic E-state index is 4.40. The Kier molecular flexibility index (Phi) is 7.91. The number of hydrogen-bond acceptors (Lipinski definition) is 3. The van der Waals surface area contributed by atoms with Crippen molar-refractivity contribution in [1.82, 2.24) is 25.3 Å². The highest BCUT2D eigenvalue weighted by Gasteiger charge is 2.24. The number of likely N-dealkylation sites (tertiary alicyclic amines) is 1. The lowest BCUT2D eigenvalue weighted by Crippen LogP contribution is -2.45. The van der Waals surface area contributed by atoms with E-state index in [0.717, 1.165) is 51.0 Å². The number of nitrogens with zero attached hydrogens (tertiary/aromatic N) is 4. The molecule has 2 heterocycles. The number of aliphatic imine (C=N–C) groups is 1. The van der Waals surface area contributed by atoms with Gasteiger partial charge in [-0.25, -0.2) is 0 Å². The number of nitrogens with one attached hydrogen (secondary N) is 2. The number of piperidine rings is 1. The van der Waals surface area contributed by atoms with Crippen LogP contribution in [0.4, 0.5) is 0 Å². The van der Waals surface area contributed by atoms with Gasteiger partial charge in [0.2, 0.25) is 0 Å². The van der Waals surface area contributed by atoms with Crippen LogP contribution in [0.15, 0.2) is 53.8 Å². The first-order chi connectivity index (χ1) is 13.8. The summed E-state index contributed by atoms with van der Waals surface area (Å²) in [7, 11) is 1.84. The highest BCUT2D eigenvalue weighted by Crippen LogP contribution is 2.26. The molecule has 1 aromatic heterocycles. The van der Waals surface area contributed by atoms with Crippen LogP contribution in [-0.4, -0.2) is 53.9 Å². The monoisotopic (exact) mass is 382 g/mol. The van der Waals surface area contributed by atoms with Gasteiger partial charge in [0.25, 0.3) is 0 Å². The van der Waals surface area contributed by atoms with E-state index in [1.807, 2.05) is 30.2 Å². The van der Waals surface area contributed by atoms with Crippen LogP contribution in [0.25, 0.3) is 0 Å². The van der Waals surface area contributed by atoms with Gasteiger partial charge in [-0.05, 0) is 49.9 Å². The second kappa shape index (κ2) is 10.9. The number of hydrogen-bond donors (Lipinski definition) is 2. The molecule has 0 saturated carbocycles. The van der Waals surface area contributed by atoms with Crippen molar-refractivity contribution in [2.45, 2.75) is 38.8 Å². The van der Waals surface area contributed by atoms with Gasteiger partial charge in [-0.1, -0.05) is 37.3 Å². The summed E-state index contributed by atoms with van der Waals surface area (Å²) in [6, 6.07) is 13.2. The molecule has 1 saturated heterocycles. The van der Waals surface area contributed by atoms with Crippen molar-refractivity contribution >= 4 is 5.96 Å². The van der Waals surface area contributed by atoms with Crippen LogP contribution in [0.2, 0.25) is 0 Å². The van der Waals surface area contributed by atoms with Crippen LogP contribution in [0.3, 0.4) is 0 Å². The fraction of sp³-hybridized carbons (Fsp3) is 0.545. The summed E-state index contributed by atoms with van der Waals surface area (Å²) in [5.41, 5.74) is 1.37. The first kappa shape index (κ1) is 20.4. The fourth-order valence-electron chi connectivity index (χ4n) is 3.77. The van der Waals surface area contributed by atoms with Crippen LogP contribution in [-0.2, 0) is 6.54 Å². The first-order valence-electron chi connectivity index (χ1n) is 10.5. The summed E-state index contributed by atoms with van der Waals surface area (Å²) in [5.74, 6) is 1.71. The van der Waals surface area contributed by atoms with E-state index >= 15 is 0 Å². The quantitative estimate of drug-likeness (QED) is 0.419. The Morgan fingerprint density at radius 3 is 2.64 bits per heavy atom. The van der Waals surface area contributed by atoms with Crippen LogP contribution in [0.5, 0.6) is 0 Å². The average molecular weight is 383 g/mol. The molecule has 2 aromatic rings. The molecule has 1 aromatic carbocycles. The topological polar surface area (TPSA) is 57.5 Å². The van der Waals surface area contributed by atoms with Crippen molar-refractivity contribution in [1.29, 1.82) is 0 Å². The van der Waals surface area contributed by atoms with E-state index in [0.29, 0.717) is 6.04 Å². The summed E-state index contributed by atoms with van der Waals surface area (Å²) in [5, 5.41) is 11.2. The number of guanidine groups is 1. The first-order valence-corrected chi connectivity index (χ1v) is 10.5. The van der Waals surface area contributed by atoms with E-state index in [-0.39, 0.29) is 0 Å². The van der Waals surface area contributed by atoms with Crippen molar-refractivity contribution in [3.8, 4) is 0 Å². The van der Waals surface area contributed by atoms with Crippen molar-refractivity contribution < 1.29 is 0 Å². The molecule has 152 valence electrons. The Morgan fingerprint density at radius 2 is 1.96 bits per heavy atom. The standard InChI is InChI=1S/C22H34N6/c1-19-10-16-27(17-11-19)21(20-8-4-3-5-9-20)18-25-22(23-2)24-12-6-14-28-15-7-13-26-28/h3-5,7-9,13,15,19,21H,6,10-12,14,16-18H2,1-2H3,(H2,23,24,25). The van der Waals surface area contributed by atoms with Gasteiger partial charge >= 0.3 is 0 Å². The van der Waals surface area contributed by atoms with Gasteiger partial charge in [0.1, 0.15) is 0 Å². The van der Waals surface area contributed by atoms with E-state index in [9.17, 15) is 0 Å². The highest BCUT2D eigenvalue weighted by molar-refractivity contribution is 5.79. The van der Waals surface area contributed by atoms with Gasteiger partial charge in [0.15, 0.2) is 5.96 Å². The molecule has 1 aliphatic heterocycles. The zero-order chi connectivity index (χ0) is 19.6. The number of aryl methyl sites for hydroxylation is 1. The van der Waals surface area contributed by atoms with Gasteiger partial charge in [-0.2, -0.15) is 5.10 Å². The van der Waals surface area contributed by atoms with Crippen LogP contribution in [0, 0.1) is 5.92 Å². The summed E-state index contributed by atoms with van der Waals surface area (Å²) in [6.45, 7) is 7.34. The van der Waals surface area contributed by atoms with Crippen LogP contribution in [0.1, 0.15) is 37.8 Å². The second-order valence-corrected chi connectivity index (χ2v) is 7.65. The SMILES string of the molecule is CN=C(NCCCn1cccn1)NCC(c1ccccc1)N1CCC(C)CC1. The smallest absolute Gasteiger partial charge is 0.191 e. The molecule has 28 heavy (non-hydrogen) atoms. The molecule has 0 bridgehead atoms. The summed E-state index contributed by atoms with van der Waals surface area (Å²) in [4.78, 5) is 7.02. The van der Waals surface area contributed by atoms with E-state index in [4.69, 9.17) is 0 Å². The molecule has 6 heteroatoms. The molecule has 1 atom stereocenters. The molecule has 1 aliphatic rings. The number of benzene rings is 1. The third-order valence-electron chi connectivity index (χ3n) is 5.55. The Balaban J connectivity index is 1.51. The van der Waals surface area contributed by atoms with Gasteiger partial charge in [-0.3, -0.25) is 14.6 Å². The van der Waals surface area contributed by atoms with Gasteiger partial charge in [0.05, 0.1) is 6.04 Å². The zero-order valence-corrected chi connectivity index (χ0v) is 17.2. The van der Waals surface area contributed by atoms with E-state index in [2.05, 4.69) is 62.9 Å². The minimum Gasteiger partial charge on any atom is -0.356 e. The molecular formula is C22H34N6. The molecular weight excluding hydrogens is 348 g/mol. The molecule has 3 rings (SSSR count). The second-order valence-electron chi connectivity index (χ2n) is 7.65. The van der Waals surface area contributed by atoms with E-state index < -0.39 is 0 Å². The largest absolute Gasteiger partial charge is 0.356 e. The third-order valence-corrected chi connectivity index (χ3v) is 5.55. The summed E-state index contributed by atoms with van der Waals surface area (Å²) < 4.78 is 1.96. The molecule has 2 N–H and O–H groups in total. The van der Waals surface area contributed by atoms with Crippen molar-refractivity contribution in [2.75, 3.05) is 33.2 Å². The van der Waals surface area contributed by atoms with Crippen molar-refractivity contribution in [3.63, 3.8) is 0 Å². The predicted octanol–water partition coefficient (Wildman–Crippen LogP) is 2.91. The van der Waals surface area contributed by atoms with Crippen LogP contribution >= 0.6 is 0 Å². The summed E-state index contributed by atoms with van der Waals surface area (Å²) >= 11 is 0. The molecule has 6 nitrogen and oxygen atoms in total. The van der Waals surface area contributed by atoms with Gasteiger partial charge < -0.3 is 10.6 Å². The molecule has 0 aliphatic carbocycles. The van der Waals surface area contributed by atoms with Crippen molar-refractivity contribution in [3.05, 3.63) is 54.4 Å². The molecule has 1 unspecified atom stereocenters. The third kappa shape index (κ3) is 6.09. The van der Waals surface area contributed by atoms with E-state index in [1.165, 1.54) is 18.4 Å². The Bertz CT molecular complexity index is 689. The normalized spacial score (nSPS) is 17.4. The van der Waals surface area contributed by atoms with E-state index in [1.54, 1.807) is 0 Å². The molecule has 1 fully saturated rings. The van der Waals surface area contributed by atoms with Gasteiger partial charge in [0, 0.05) is 39.1 Å². The van der Waals surface area contributed by atoms with Gasteiger partial charge in [-0.15, -0.1) is 0 Å². The fourth-order valence-corrected chi connectivity index (χ4v) is 3.77. The zero-order valence-electron chi connectivity index (χ0n) is 17.2. The van der Waals surface area contributed by atoms with Crippen LogP contribution < -0.4 is 10.6 Å².